The molecule has 1 N–H and O–H groups in total. The SMILES string of the molecule is CC(C)CNCc1ccc(N(C)C)c(C#N)c1. The standard InChI is InChI=1S/C14H21N3/c1-11(2)9-16-10-12-5-6-14(17(3)4)13(7-12)8-15/h5-7,11,16H,9-10H2,1-4H3. The molecule has 0 aromatic heterocycles. The molecule has 1 aromatic carbocycles. The van der Waals surface area contributed by atoms with Gasteiger partial charge in [0.15, 0.2) is 0 Å². The average Bonchev–Trinajstić information content (AvgIpc) is 2.28. The van der Waals surface area contributed by atoms with Gasteiger partial charge < -0.3 is 10.2 Å². The van der Waals surface area contributed by atoms with E-state index in [2.05, 4.69) is 31.3 Å². The second-order valence-electron chi connectivity index (χ2n) is 4.88. The Hall–Kier alpha value is -1.53. The molecule has 0 aliphatic rings. The molecule has 0 bridgehead atoms. The van der Waals surface area contributed by atoms with E-state index in [4.69, 9.17) is 5.26 Å². The van der Waals surface area contributed by atoms with Gasteiger partial charge in [0.25, 0.3) is 0 Å². The van der Waals surface area contributed by atoms with Crippen LogP contribution in [0, 0.1) is 17.2 Å². The zero-order valence-electron chi connectivity index (χ0n) is 11.1. The van der Waals surface area contributed by atoms with E-state index in [1.807, 2.05) is 31.1 Å². The molecule has 0 amide bonds. The predicted molar refractivity (Wildman–Crippen MR) is 72.0 cm³/mol. The second-order valence-corrected chi connectivity index (χ2v) is 4.88. The number of anilines is 1. The first-order valence-corrected chi connectivity index (χ1v) is 5.95. The lowest BCUT2D eigenvalue weighted by Gasteiger charge is -2.15. The first-order valence-electron chi connectivity index (χ1n) is 5.95. The largest absolute Gasteiger partial charge is 0.377 e. The minimum atomic E-state index is 0.645. The summed E-state index contributed by atoms with van der Waals surface area (Å²) in [5, 5.41) is 12.5. The average molecular weight is 231 g/mol. The third-order valence-electron chi connectivity index (χ3n) is 2.54. The van der Waals surface area contributed by atoms with E-state index in [-0.39, 0.29) is 0 Å². The van der Waals surface area contributed by atoms with E-state index in [1.165, 1.54) is 0 Å². The van der Waals surface area contributed by atoms with E-state index in [0.29, 0.717) is 5.92 Å². The summed E-state index contributed by atoms with van der Waals surface area (Å²) in [6.45, 7) is 6.18. The molecule has 0 saturated heterocycles. The van der Waals surface area contributed by atoms with Crippen molar-refractivity contribution in [2.45, 2.75) is 20.4 Å². The van der Waals surface area contributed by atoms with Crippen LogP contribution in [0.2, 0.25) is 0 Å². The summed E-state index contributed by atoms with van der Waals surface area (Å²) in [5.74, 6) is 0.645. The Balaban J connectivity index is 2.73. The molecule has 1 rings (SSSR count). The third kappa shape index (κ3) is 4.08. The van der Waals surface area contributed by atoms with E-state index in [9.17, 15) is 0 Å². The lowest BCUT2D eigenvalue weighted by molar-refractivity contribution is 0.552. The Kier molecular flexibility index (Phi) is 4.99. The fourth-order valence-electron chi connectivity index (χ4n) is 1.68. The van der Waals surface area contributed by atoms with E-state index < -0.39 is 0 Å². The lowest BCUT2D eigenvalue weighted by Crippen LogP contribution is -2.19. The minimum absolute atomic E-state index is 0.645. The van der Waals surface area contributed by atoms with Crippen molar-refractivity contribution in [1.29, 1.82) is 5.26 Å². The molecular formula is C14H21N3. The molecule has 0 unspecified atom stereocenters. The van der Waals surface area contributed by atoms with Gasteiger partial charge in [-0.1, -0.05) is 19.9 Å². The van der Waals surface area contributed by atoms with Crippen molar-refractivity contribution in [2.24, 2.45) is 5.92 Å². The van der Waals surface area contributed by atoms with Crippen molar-refractivity contribution in [3.05, 3.63) is 29.3 Å². The van der Waals surface area contributed by atoms with Gasteiger partial charge >= 0.3 is 0 Å². The highest BCUT2D eigenvalue weighted by molar-refractivity contribution is 5.59. The molecule has 17 heavy (non-hydrogen) atoms. The molecule has 0 radical (unpaired) electrons. The van der Waals surface area contributed by atoms with Crippen molar-refractivity contribution < 1.29 is 0 Å². The van der Waals surface area contributed by atoms with Gasteiger partial charge in [0.1, 0.15) is 6.07 Å². The van der Waals surface area contributed by atoms with Crippen LogP contribution in [0.4, 0.5) is 5.69 Å². The van der Waals surface area contributed by atoms with Gasteiger partial charge in [0.05, 0.1) is 11.3 Å². The zero-order valence-corrected chi connectivity index (χ0v) is 11.1. The highest BCUT2D eigenvalue weighted by Crippen LogP contribution is 2.19. The monoisotopic (exact) mass is 231 g/mol. The molecule has 0 fully saturated rings. The van der Waals surface area contributed by atoms with Gasteiger partial charge in [0.2, 0.25) is 0 Å². The van der Waals surface area contributed by atoms with Crippen molar-refractivity contribution >= 4 is 5.69 Å². The summed E-state index contributed by atoms with van der Waals surface area (Å²) in [6, 6.07) is 8.29. The Morgan fingerprint density at radius 2 is 2.06 bits per heavy atom. The molecule has 3 heteroatoms. The van der Waals surface area contributed by atoms with Gasteiger partial charge in [-0.05, 0) is 30.2 Å². The summed E-state index contributed by atoms with van der Waals surface area (Å²) >= 11 is 0. The third-order valence-corrected chi connectivity index (χ3v) is 2.54. The van der Waals surface area contributed by atoms with Crippen molar-refractivity contribution in [1.82, 2.24) is 5.32 Å². The normalized spacial score (nSPS) is 10.4. The maximum absolute atomic E-state index is 9.11. The van der Waals surface area contributed by atoms with Crippen LogP contribution in [0.3, 0.4) is 0 Å². The van der Waals surface area contributed by atoms with E-state index in [0.717, 1.165) is 29.9 Å². The van der Waals surface area contributed by atoms with Crippen LogP contribution >= 0.6 is 0 Å². The Bertz CT molecular complexity index is 402. The highest BCUT2D eigenvalue weighted by Gasteiger charge is 2.05. The lowest BCUT2D eigenvalue weighted by atomic mass is 10.1. The first kappa shape index (κ1) is 13.5. The van der Waals surface area contributed by atoms with Gasteiger partial charge in [-0.25, -0.2) is 0 Å². The predicted octanol–water partition coefficient (Wildman–Crippen LogP) is 2.37. The molecule has 92 valence electrons. The highest BCUT2D eigenvalue weighted by atomic mass is 15.1. The molecule has 0 heterocycles. The summed E-state index contributed by atoms with van der Waals surface area (Å²) < 4.78 is 0. The fraction of sp³-hybridized carbons (Fsp3) is 0.500. The van der Waals surface area contributed by atoms with Gasteiger partial charge in [-0.15, -0.1) is 0 Å². The number of nitrogens with one attached hydrogen (secondary N) is 1. The molecular weight excluding hydrogens is 210 g/mol. The zero-order chi connectivity index (χ0) is 12.8. The van der Waals surface area contributed by atoms with Gasteiger partial charge in [0, 0.05) is 20.6 Å². The fourth-order valence-corrected chi connectivity index (χ4v) is 1.68. The number of benzene rings is 1. The smallest absolute Gasteiger partial charge is 0.101 e. The molecule has 3 nitrogen and oxygen atoms in total. The van der Waals surface area contributed by atoms with Crippen molar-refractivity contribution in [2.75, 3.05) is 25.5 Å². The maximum Gasteiger partial charge on any atom is 0.101 e. The van der Waals surface area contributed by atoms with Crippen LogP contribution in [-0.2, 0) is 6.54 Å². The van der Waals surface area contributed by atoms with Crippen molar-refractivity contribution in [3.8, 4) is 6.07 Å². The number of hydrogen-bond acceptors (Lipinski definition) is 3. The number of rotatable bonds is 5. The number of nitrogens with zero attached hydrogens (tertiary/aromatic N) is 2. The van der Waals surface area contributed by atoms with Crippen LogP contribution in [0.25, 0.3) is 0 Å². The van der Waals surface area contributed by atoms with Crippen molar-refractivity contribution in [3.63, 3.8) is 0 Å². The molecule has 0 spiro atoms. The molecule has 1 aromatic rings. The summed E-state index contributed by atoms with van der Waals surface area (Å²) in [7, 11) is 3.90. The number of hydrogen-bond donors (Lipinski definition) is 1. The van der Waals surface area contributed by atoms with Crippen LogP contribution in [0.5, 0.6) is 0 Å². The Morgan fingerprint density at radius 3 is 2.59 bits per heavy atom. The summed E-state index contributed by atoms with van der Waals surface area (Å²) in [4.78, 5) is 1.96. The molecule has 0 aliphatic carbocycles. The molecule has 0 saturated carbocycles. The quantitative estimate of drug-likeness (QED) is 0.845. The molecule has 0 atom stereocenters. The van der Waals surface area contributed by atoms with Gasteiger partial charge in [-0.3, -0.25) is 0 Å². The molecule has 0 aliphatic heterocycles. The minimum Gasteiger partial charge on any atom is -0.377 e. The maximum atomic E-state index is 9.11. The Morgan fingerprint density at radius 1 is 1.35 bits per heavy atom. The van der Waals surface area contributed by atoms with E-state index >= 15 is 0 Å². The van der Waals surface area contributed by atoms with Gasteiger partial charge in [-0.2, -0.15) is 5.26 Å². The summed E-state index contributed by atoms with van der Waals surface area (Å²) in [6.07, 6.45) is 0. The first-order chi connectivity index (χ1) is 8.04. The summed E-state index contributed by atoms with van der Waals surface area (Å²) in [5.41, 5.74) is 2.87. The number of nitriles is 1. The van der Waals surface area contributed by atoms with Crippen LogP contribution in [0.15, 0.2) is 18.2 Å². The van der Waals surface area contributed by atoms with E-state index in [1.54, 1.807) is 0 Å². The second kappa shape index (κ2) is 6.27. The topological polar surface area (TPSA) is 39.1 Å². The van der Waals surface area contributed by atoms with Crippen LogP contribution in [-0.4, -0.2) is 20.6 Å². The van der Waals surface area contributed by atoms with Crippen LogP contribution in [0.1, 0.15) is 25.0 Å². The van der Waals surface area contributed by atoms with Crippen LogP contribution < -0.4 is 10.2 Å². The Labute approximate surface area is 104 Å².